The molecule has 5 rings (SSSR count). The van der Waals surface area contributed by atoms with Crippen molar-refractivity contribution in [2.24, 2.45) is 0 Å². The van der Waals surface area contributed by atoms with Crippen molar-refractivity contribution in [3.05, 3.63) is 64.2 Å². The van der Waals surface area contributed by atoms with Gasteiger partial charge in [0, 0.05) is 23.9 Å². The summed E-state index contributed by atoms with van der Waals surface area (Å²) in [5, 5.41) is 24.6. The van der Waals surface area contributed by atoms with Crippen LogP contribution in [-0.4, -0.2) is 33.9 Å². The summed E-state index contributed by atoms with van der Waals surface area (Å²) >= 11 is 0. The van der Waals surface area contributed by atoms with Crippen LogP contribution in [0.25, 0.3) is 16.6 Å². The maximum atomic E-state index is 12.5. The molecule has 0 radical (unpaired) electrons. The second-order valence-corrected chi connectivity index (χ2v) is 7.40. The monoisotopic (exact) mass is 387 g/mol. The third-order valence-corrected chi connectivity index (χ3v) is 5.55. The van der Waals surface area contributed by atoms with Crippen LogP contribution < -0.4 is 21.5 Å². The molecule has 2 aliphatic heterocycles. The first-order valence-corrected chi connectivity index (χ1v) is 9.79. The molecule has 0 amide bonds. The minimum atomic E-state index is -0.160. The number of aromatic nitrogens is 3. The Hall–Kier alpha value is -3.57. The van der Waals surface area contributed by atoms with E-state index in [0.29, 0.717) is 17.1 Å². The molecule has 2 aromatic heterocycles. The van der Waals surface area contributed by atoms with Gasteiger partial charge in [-0.1, -0.05) is 6.07 Å². The highest BCUT2D eigenvalue weighted by Crippen LogP contribution is 2.30. The molecular formula is C21H21N7O. The number of nitriles is 1. The maximum Gasteiger partial charge on any atom is 0.251 e. The Morgan fingerprint density at radius 3 is 2.90 bits per heavy atom. The first kappa shape index (κ1) is 17.5. The van der Waals surface area contributed by atoms with Crippen molar-refractivity contribution in [2.45, 2.75) is 24.9 Å². The summed E-state index contributed by atoms with van der Waals surface area (Å²) in [5.41, 5.74) is 3.82. The van der Waals surface area contributed by atoms with Gasteiger partial charge in [0.1, 0.15) is 17.9 Å². The lowest BCUT2D eigenvalue weighted by molar-refractivity contribution is 0.446. The van der Waals surface area contributed by atoms with Crippen LogP contribution >= 0.6 is 0 Å². The minimum Gasteiger partial charge on any atom is -0.367 e. The zero-order chi connectivity index (χ0) is 19.8. The fourth-order valence-corrected chi connectivity index (χ4v) is 4.13. The molecule has 2 aliphatic rings. The molecule has 0 bridgehead atoms. The van der Waals surface area contributed by atoms with E-state index in [1.165, 1.54) is 0 Å². The van der Waals surface area contributed by atoms with Gasteiger partial charge in [-0.25, -0.2) is 4.52 Å². The van der Waals surface area contributed by atoms with Crippen LogP contribution in [0.5, 0.6) is 0 Å². The van der Waals surface area contributed by atoms with E-state index in [4.69, 9.17) is 10.4 Å². The number of aromatic amines is 1. The van der Waals surface area contributed by atoms with Gasteiger partial charge < -0.3 is 20.9 Å². The third-order valence-electron chi connectivity index (χ3n) is 5.55. The molecule has 1 unspecified atom stereocenters. The summed E-state index contributed by atoms with van der Waals surface area (Å²) in [6.07, 6.45) is 7.18. The lowest BCUT2D eigenvalue weighted by atomic mass is 9.94. The summed E-state index contributed by atoms with van der Waals surface area (Å²) in [6.45, 7) is 1.90. The number of nitrogens with one attached hydrogen (secondary N) is 4. The second kappa shape index (κ2) is 7.11. The Balaban J connectivity index is 1.60. The lowest BCUT2D eigenvalue weighted by Gasteiger charge is -2.23. The summed E-state index contributed by atoms with van der Waals surface area (Å²) in [7, 11) is 0. The van der Waals surface area contributed by atoms with Crippen LogP contribution in [0.2, 0.25) is 0 Å². The molecule has 8 nitrogen and oxygen atoms in total. The average molecular weight is 387 g/mol. The van der Waals surface area contributed by atoms with Crippen molar-refractivity contribution in [3.63, 3.8) is 0 Å². The molecule has 146 valence electrons. The number of piperidine rings is 1. The van der Waals surface area contributed by atoms with Crippen LogP contribution in [0.4, 0.5) is 5.69 Å². The van der Waals surface area contributed by atoms with Crippen LogP contribution in [0.1, 0.15) is 24.5 Å². The molecule has 1 saturated heterocycles. The second-order valence-electron chi connectivity index (χ2n) is 7.40. The molecule has 0 aliphatic carbocycles. The largest absolute Gasteiger partial charge is 0.367 e. The average Bonchev–Trinajstić information content (AvgIpc) is 3.14. The van der Waals surface area contributed by atoms with Gasteiger partial charge in [0.05, 0.1) is 22.2 Å². The van der Waals surface area contributed by atoms with Crippen molar-refractivity contribution < 1.29 is 0 Å². The van der Waals surface area contributed by atoms with Gasteiger partial charge in [-0.3, -0.25) is 4.79 Å². The number of hydrogen-bond acceptors (Lipinski definition) is 6. The number of hydrogen-bond donors (Lipinski definition) is 4. The fraction of sp³-hybridized carbons (Fsp3) is 0.286. The minimum absolute atomic E-state index is 0.111. The number of rotatable bonds is 3. The quantitative estimate of drug-likeness (QED) is 0.547. The van der Waals surface area contributed by atoms with Gasteiger partial charge in [-0.15, -0.1) is 0 Å². The molecule has 1 aromatic carbocycles. The predicted molar refractivity (Wildman–Crippen MR) is 112 cm³/mol. The summed E-state index contributed by atoms with van der Waals surface area (Å²) in [6, 6.07) is 9.66. The first-order chi connectivity index (χ1) is 14.2. The van der Waals surface area contributed by atoms with Gasteiger partial charge in [-0.05, 0) is 50.2 Å². The molecule has 29 heavy (non-hydrogen) atoms. The molecule has 1 fully saturated rings. The molecule has 4 heterocycles. The van der Waals surface area contributed by atoms with Crippen LogP contribution in [0, 0.1) is 11.3 Å². The smallest absolute Gasteiger partial charge is 0.251 e. The van der Waals surface area contributed by atoms with Gasteiger partial charge in [-0.2, -0.15) is 10.4 Å². The van der Waals surface area contributed by atoms with Crippen LogP contribution in [0.15, 0.2) is 53.0 Å². The zero-order valence-corrected chi connectivity index (χ0v) is 15.8. The summed E-state index contributed by atoms with van der Waals surface area (Å²) in [4.78, 5) is 15.4. The molecule has 8 heteroatoms. The Morgan fingerprint density at radius 2 is 2.14 bits per heavy atom. The molecule has 0 spiro atoms. The SMILES string of the molecule is N#CC1=CNC(Nc2cccc3nn4c(C5CCNCC5)cc(=O)[nH]c4c23)C=C1. The van der Waals surface area contributed by atoms with E-state index in [2.05, 4.69) is 27.0 Å². The van der Waals surface area contributed by atoms with E-state index in [-0.39, 0.29) is 11.7 Å². The van der Waals surface area contributed by atoms with Gasteiger partial charge in [0.2, 0.25) is 0 Å². The number of dihydropyridines is 1. The van der Waals surface area contributed by atoms with E-state index < -0.39 is 0 Å². The first-order valence-electron chi connectivity index (χ1n) is 9.79. The van der Waals surface area contributed by atoms with Crippen molar-refractivity contribution in [1.82, 2.24) is 25.2 Å². The van der Waals surface area contributed by atoms with E-state index in [9.17, 15) is 4.79 Å². The highest BCUT2D eigenvalue weighted by atomic mass is 16.1. The fourth-order valence-electron chi connectivity index (χ4n) is 4.13. The molecule has 4 N–H and O–H groups in total. The standard InChI is InChI=1S/C21H21N7O/c22-11-13-4-5-18(24-12-13)25-15-2-1-3-16-20(15)21-26-19(29)10-17(28(21)27-16)14-6-8-23-9-7-14/h1-5,10,12,14,18,23-25H,6-9H2,(H,26,29). The molecule has 0 saturated carbocycles. The third kappa shape index (κ3) is 3.15. The van der Waals surface area contributed by atoms with E-state index in [0.717, 1.165) is 48.2 Å². The summed E-state index contributed by atoms with van der Waals surface area (Å²) < 4.78 is 1.89. The van der Waals surface area contributed by atoms with Crippen LogP contribution in [-0.2, 0) is 0 Å². The maximum absolute atomic E-state index is 12.5. The highest BCUT2D eigenvalue weighted by molar-refractivity contribution is 6.02. The van der Waals surface area contributed by atoms with Crippen LogP contribution in [0.3, 0.4) is 0 Å². The number of benzene rings is 1. The number of anilines is 1. The van der Waals surface area contributed by atoms with Gasteiger partial charge in [0.25, 0.3) is 5.56 Å². The Morgan fingerprint density at radius 1 is 1.28 bits per heavy atom. The van der Waals surface area contributed by atoms with Crippen molar-refractivity contribution in [3.8, 4) is 6.07 Å². The Labute approximate surface area is 166 Å². The number of fused-ring (bicyclic) bond motifs is 3. The normalized spacial score (nSPS) is 19.7. The van der Waals surface area contributed by atoms with Gasteiger partial charge in [0.15, 0.2) is 0 Å². The molecule has 1 atom stereocenters. The number of H-pyrrole nitrogens is 1. The zero-order valence-electron chi connectivity index (χ0n) is 15.8. The lowest BCUT2D eigenvalue weighted by Crippen LogP contribution is -2.32. The predicted octanol–water partition coefficient (Wildman–Crippen LogP) is 1.95. The number of allylic oxidation sites excluding steroid dienone is 2. The van der Waals surface area contributed by atoms with Crippen molar-refractivity contribution >= 4 is 22.2 Å². The van der Waals surface area contributed by atoms with E-state index in [1.54, 1.807) is 18.3 Å². The van der Waals surface area contributed by atoms with E-state index >= 15 is 0 Å². The molecule has 3 aromatic rings. The van der Waals surface area contributed by atoms with Gasteiger partial charge >= 0.3 is 0 Å². The molecular weight excluding hydrogens is 366 g/mol. The Kier molecular flexibility index (Phi) is 4.30. The Bertz CT molecular complexity index is 1240. The van der Waals surface area contributed by atoms with Crippen molar-refractivity contribution in [1.29, 1.82) is 5.26 Å². The topological polar surface area (TPSA) is 110 Å². The summed E-state index contributed by atoms with van der Waals surface area (Å²) in [5.74, 6) is 0.309. The van der Waals surface area contributed by atoms with Crippen molar-refractivity contribution in [2.75, 3.05) is 18.4 Å². The number of nitrogens with zero attached hydrogens (tertiary/aromatic N) is 3. The highest BCUT2D eigenvalue weighted by Gasteiger charge is 2.22. The van der Waals surface area contributed by atoms with E-state index in [1.807, 2.05) is 28.8 Å².